The van der Waals surface area contributed by atoms with Gasteiger partial charge >= 0.3 is 0 Å². The lowest BCUT2D eigenvalue weighted by Crippen LogP contribution is -1.95. The van der Waals surface area contributed by atoms with Gasteiger partial charge in [0.2, 0.25) is 0 Å². The fraction of sp³-hybridized carbons (Fsp3) is 0.455. The second kappa shape index (κ2) is 3.88. The Morgan fingerprint density at radius 3 is 2.60 bits per heavy atom. The van der Waals surface area contributed by atoms with Crippen LogP contribution in [-0.2, 0) is 0 Å². The highest BCUT2D eigenvalue weighted by Crippen LogP contribution is 2.39. The van der Waals surface area contributed by atoms with Crippen LogP contribution < -0.4 is 0 Å². The molecule has 4 heteroatoms. The number of hydrogen-bond acceptors (Lipinski definition) is 3. The molecule has 0 amide bonds. The molecule has 2 rings (SSSR count). The summed E-state index contributed by atoms with van der Waals surface area (Å²) in [5, 5.41) is 20.3. The Balaban J connectivity index is 2.35. The molecule has 1 saturated carbocycles. The van der Waals surface area contributed by atoms with Gasteiger partial charge in [0.25, 0.3) is 5.69 Å². The minimum absolute atomic E-state index is 0.0645. The first kappa shape index (κ1) is 9.96. The number of hydrogen-bond donors (Lipinski definition) is 1. The van der Waals surface area contributed by atoms with Gasteiger partial charge in [-0.15, -0.1) is 0 Å². The van der Waals surface area contributed by atoms with E-state index in [1.165, 1.54) is 18.2 Å². The molecule has 0 atom stereocenters. The minimum Gasteiger partial charge on any atom is -0.508 e. The molecule has 1 aromatic rings. The van der Waals surface area contributed by atoms with Gasteiger partial charge in [-0.05, 0) is 24.8 Å². The van der Waals surface area contributed by atoms with E-state index < -0.39 is 4.92 Å². The van der Waals surface area contributed by atoms with Crippen molar-refractivity contribution in [3.05, 3.63) is 33.9 Å². The van der Waals surface area contributed by atoms with E-state index in [0.29, 0.717) is 5.92 Å². The van der Waals surface area contributed by atoms with Gasteiger partial charge in [-0.25, -0.2) is 0 Å². The highest BCUT2D eigenvalue weighted by molar-refractivity contribution is 5.45. The highest BCUT2D eigenvalue weighted by Gasteiger charge is 2.22. The van der Waals surface area contributed by atoms with Crippen LogP contribution in [0.15, 0.2) is 18.2 Å². The average molecular weight is 207 g/mol. The standard InChI is InChI=1S/C11H13NO3/c13-11-6-5-9(12(14)15)7-10(11)8-3-1-2-4-8/h5-8,13H,1-4H2. The van der Waals surface area contributed by atoms with E-state index in [1.807, 2.05) is 0 Å². The molecule has 0 spiro atoms. The van der Waals surface area contributed by atoms with Crippen molar-refractivity contribution >= 4 is 5.69 Å². The van der Waals surface area contributed by atoms with Crippen molar-refractivity contribution in [2.45, 2.75) is 31.6 Å². The lowest BCUT2D eigenvalue weighted by molar-refractivity contribution is -0.385. The molecule has 0 aromatic heterocycles. The van der Waals surface area contributed by atoms with Crippen LogP contribution in [0.25, 0.3) is 0 Å². The first-order valence-electron chi connectivity index (χ1n) is 5.16. The second-order valence-electron chi connectivity index (χ2n) is 3.98. The Morgan fingerprint density at radius 2 is 2.00 bits per heavy atom. The molecule has 15 heavy (non-hydrogen) atoms. The molecule has 1 N–H and O–H groups in total. The molecule has 1 aliphatic carbocycles. The van der Waals surface area contributed by atoms with Gasteiger partial charge in [-0.1, -0.05) is 12.8 Å². The number of nitro groups is 1. The maximum absolute atomic E-state index is 10.6. The predicted octanol–water partition coefficient (Wildman–Crippen LogP) is 2.96. The molecule has 1 aromatic carbocycles. The molecule has 0 saturated heterocycles. The summed E-state index contributed by atoms with van der Waals surface area (Å²) in [5.41, 5.74) is 0.802. The smallest absolute Gasteiger partial charge is 0.269 e. The third-order valence-corrected chi connectivity index (χ3v) is 3.02. The van der Waals surface area contributed by atoms with Crippen LogP contribution in [0.1, 0.15) is 37.2 Å². The zero-order valence-electron chi connectivity index (χ0n) is 8.35. The van der Waals surface area contributed by atoms with Gasteiger partial charge in [0, 0.05) is 17.7 Å². The number of non-ortho nitro benzene ring substituents is 1. The molecule has 0 unspecified atom stereocenters. The van der Waals surface area contributed by atoms with E-state index in [9.17, 15) is 15.2 Å². The van der Waals surface area contributed by atoms with E-state index in [2.05, 4.69) is 0 Å². The summed E-state index contributed by atoms with van der Waals surface area (Å²) < 4.78 is 0. The quantitative estimate of drug-likeness (QED) is 0.599. The summed E-state index contributed by atoms with van der Waals surface area (Å²) in [7, 11) is 0. The van der Waals surface area contributed by atoms with Gasteiger partial charge in [0.1, 0.15) is 5.75 Å². The van der Waals surface area contributed by atoms with E-state index >= 15 is 0 Å². The summed E-state index contributed by atoms with van der Waals surface area (Å²) in [6.07, 6.45) is 4.34. The van der Waals surface area contributed by atoms with Crippen molar-refractivity contribution in [1.29, 1.82) is 0 Å². The Kier molecular flexibility index (Phi) is 2.58. The van der Waals surface area contributed by atoms with E-state index in [4.69, 9.17) is 0 Å². The molecular formula is C11H13NO3. The third kappa shape index (κ3) is 1.93. The number of nitrogens with zero attached hydrogens (tertiary/aromatic N) is 1. The Labute approximate surface area is 87.7 Å². The van der Waals surface area contributed by atoms with Crippen LogP contribution in [-0.4, -0.2) is 10.0 Å². The summed E-state index contributed by atoms with van der Waals surface area (Å²) >= 11 is 0. The van der Waals surface area contributed by atoms with Crippen molar-refractivity contribution in [2.24, 2.45) is 0 Å². The highest BCUT2D eigenvalue weighted by atomic mass is 16.6. The zero-order valence-corrected chi connectivity index (χ0v) is 8.35. The van der Waals surface area contributed by atoms with Crippen molar-refractivity contribution in [1.82, 2.24) is 0 Å². The Hall–Kier alpha value is -1.58. The molecular weight excluding hydrogens is 194 g/mol. The van der Waals surface area contributed by atoms with Crippen molar-refractivity contribution in [3.8, 4) is 5.75 Å². The van der Waals surface area contributed by atoms with Crippen LogP contribution in [0.3, 0.4) is 0 Å². The molecule has 1 aliphatic rings. The number of rotatable bonds is 2. The molecule has 0 heterocycles. The number of nitro benzene ring substituents is 1. The SMILES string of the molecule is O=[N+]([O-])c1ccc(O)c(C2CCCC2)c1. The fourth-order valence-electron chi connectivity index (χ4n) is 2.22. The largest absolute Gasteiger partial charge is 0.508 e. The first-order valence-corrected chi connectivity index (χ1v) is 5.16. The van der Waals surface area contributed by atoms with Crippen molar-refractivity contribution in [3.63, 3.8) is 0 Å². The van der Waals surface area contributed by atoms with Crippen molar-refractivity contribution < 1.29 is 10.0 Å². The molecule has 0 aliphatic heterocycles. The van der Waals surface area contributed by atoms with Crippen LogP contribution in [0, 0.1) is 10.1 Å². The van der Waals surface area contributed by atoms with Gasteiger partial charge < -0.3 is 5.11 Å². The molecule has 4 nitrogen and oxygen atoms in total. The summed E-state index contributed by atoms with van der Waals surface area (Å²) in [5.74, 6) is 0.484. The van der Waals surface area contributed by atoms with Gasteiger partial charge in [-0.3, -0.25) is 10.1 Å². The monoisotopic (exact) mass is 207 g/mol. The fourth-order valence-corrected chi connectivity index (χ4v) is 2.22. The van der Waals surface area contributed by atoms with Crippen molar-refractivity contribution in [2.75, 3.05) is 0 Å². The van der Waals surface area contributed by atoms with Crippen LogP contribution in [0.2, 0.25) is 0 Å². The van der Waals surface area contributed by atoms with Crippen LogP contribution in [0.5, 0.6) is 5.75 Å². The minimum atomic E-state index is -0.419. The lowest BCUT2D eigenvalue weighted by atomic mass is 9.96. The summed E-state index contributed by atoms with van der Waals surface area (Å²) in [6, 6.07) is 4.27. The predicted molar refractivity (Wildman–Crippen MR) is 56.0 cm³/mol. The zero-order chi connectivity index (χ0) is 10.8. The van der Waals surface area contributed by atoms with Gasteiger partial charge in [-0.2, -0.15) is 0 Å². The molecule has 80 valence electrons. The average Bonchev–Trinajstić information content (AvgIpc) is 2.71. The normalized spacial score (nSPS) is 16.8. The lowest BCUT2D eigenvalue weighted by Gasteiger charge is -2.10. The van der Waals surface area contributed by atoms with E-state index in [0.717, 1.165) is 31.2 Å². The third-order valence-electron chi connectivity index (χ3n) is 3.02. The molecule has 0 bridgehead atoms. The second-order valence-corrected chi connectivity index (χ2v) is 3.98. The van der Waals surface area contributed by atoms with E-state index in [-0.39, 0.29) is 11.4 Å². The van der Waals surface area contributed by atoms with Gasteiger partial charge in [0.05, 0.1) is 4.92 Å². The maximum Gasteiger partial charge on any atom is 0.269 e. The number of benzene rings is 1. The maximum atomic E-state index is 10.6. The molecule has 0 radical (unpaired) electrons. The van der Waals surface area contributed by atoms with Crippen LogP contribution in [0.4, 0.5) is 5.69 Å². The summed E-state index contributed by atoms with van der Waals surface area (Å²) in [4.78, 5) is 10.2. The first-order chi connectivity index (χ1) is 7.18. The van der Waals surface area contributed by atoms with Gasteiger partial charge in [0.15, 0.2) is 0 Å². The van der Waals surface area contributed by atoms with E-state index in [1.54, 1.807) is 0 Å². The topological polar surface area (TPSA) is 63.4 Å². The number of phenolic OH excluding ortho intramolecular Hbond substituents is 1. The number of aromatic hydroxyl groups is 1. The Bertz CT molecular complexity index is 383. The number of phenols is 1. The summed E-state index contributed by atoms with van der Waals surface area (Å²) in [6.45, 7) is 0. The Morgan fingerprint density at radius 1 is 1.33 bits per heavy atom. The molecule has 1 fully saturated rings. The van der Waals surface area contributed by atoms with Crippen LogP contribution >= 0.6 is 0 Å².